The fourth-order valence-electron chi connectivity index (χ4n) is 3.05. The highest BCUT2D eigenvalue weighted by Gasteiger charge is 2.55. The van der Waals surface area contributed by atoms with E-state index in [2.05, 4.69) is 5.10 Å². The second-order valence-electron chi connectivity index (χ2n) is 5.72. The number of halogens is 5. The van der Waals surface area contributed by atoms with Crippen molar-refractivity contribution < 1.29 is 27.1 Å². The van der Waals surface area contributed by atoms with Gasteiger partial charge in [-0.15, -0.1) is 0 Å². The standard InChI is InChI=1S/C12H13F5N2O/c1-5-2-6(3-5)19-7-4-11(13,14)10(20)8(7)9(18-19)12(15,16)17/h5-6,10,20H,2-4H2,1H3/t5-,6-,10-/m0/s1. The Bertz CT molecular complexity index is 545. The lowest BCUT2D eigenvalue weighted by atomic mass is 9.82. The zero-order valence-corrected chi connectivity index (χ0v) is 10.6. The smallest absolute Gasteiger partial charge is 0.382 e. The van der Waals surface area contributed by atoms with Gasteiger partial charge in [-0.25, -0.2) is 8.78 Å². The van der Waals surface area contributed by atoms with Gasteiger partial charge < -0.3 is 5.11 Å². The average Bonchev–Trinajstić information content (AvgIpc) is 2.71. The molecule has 1 aromatic rings. The van der Waals surface area contributed by atoms with Crippen molar-refractivity contribution in [3.05, 3.63) is 17.0 Å². The van der Waals surface area contributed by atoms with E-state index in [1.54, 1.807) is 0 Å². The summed E-state index contributed by atoms with van der Waals surface area (Å²) in [6, 6.07) is -0.282. The van der Waals surface area contributed by atoms with Gasteiger partial charge in [0.05, 0.1) is 18.2 Å². The lowest BCUT2D eigenvalue weighted by Gasteiger charge is -2.33. The van der Waals surface area contributed by atoms with Gasteiger partial charge in [0.15, 0.2) is 5.69 Å². The van der Waals surface area contributed by atoms with Crippen LogP contribution in [0.4, 0.5) is 22.0 Å². The quantitative estimate of drug-likeness (QED) is 0.809. The maximum Gasteiger partial charge on any atom is 0.435 e. The van der Waals surface area contributed by atoms with Crippen LogP contribution >= 0.6 is 0 Å². The van der Waals surface area contributed by atoms with Crippen LogP contribution in [0, 0.1) is 5.92 Å². The number of fused-ring (bicyclic) bond motifs is 1. The average molecular weight is 296 g/mol. The summed E-state index contributed by atoms with van der Waals surface area (Å²) in [6.07, 6.45) is -6.93. The molecule has 0 unspecified atom stereocenters. The normalized spacial score (nSPS) is 32.0. The third kappa shape index (κ3) is 1.84. The van der Waals surface area contributed by atoms with Crippen LogP contribution in [0.3, 0.4) is 0 Å². The van der Waals surface area contributed by atoms with Crippen molar-refractivity contribution in [1.29, 1.82) is 0 Å². The van der Waals surface area contributed by atoms with E-state index < -0.39 is 35.9 Å². The van der Waals surface area contributed by atoms with E-state index in [4.69, 9.17) is 0 Å². The number of alkyl halides is 5. The molecule has 2 aliphatic carbocycles. The van der Waals surface area contributed by atoms with Crippen LogP contribution in [-0.4, -0.2) is 20.8 Å². The molecule has 112 valence electrons. The fourth-order valence-corrected chi connectivity index (χ4v) is 3.05. The molecule has 1 N–H and O–H groups in total. The molecule has 0 aromatic carbocycles. The van der Waals surface area contributed by atoms with Gasteiger partial charge >= 0.3 is 6.18 Å². The molecule has 1 aromatic heterocycles. The van der Waals surface area contributed by atoms with Gasteiger partial charge in [-0.3, -0.25) is 4.68 Å². The van der Waals surface area contributed by atoms with Crippen molar-refractivity contribution in [1.82, 2.24) is 9.78 Å². The maximum atomic E-state index is 13.5. The highest BCUT2D eigenvalue weighted by Crippen LogP contribution is 2.50. The van der Waals surface area contributed by atoms with Crippen LogP contribution in [0.15, 0.2) is 0 Å². The Morgan fingerprint density at radius 3 is 2.40 bits per heavy atom. The van der Waals surface area contributed by atoms with E-state index in [1.807, 2.05) is 6.92 Å². The van der Waals surface area contributed by atoms with Gasteiger partial charge in [0, 0.05) is 5.56 Å². The van der Waals surface area contributed by atoms with Crippen LogP contribution in [0.1, 0.15) is 48.9 Å². The lowest BCUT2D eigenvalue weighted by molar-refractivity contribution is -0.146. The third-order valence-electron chi connectivity index (χ3n) is 4.09. The zero-order valence-electron chi connectivity index (χ0n) is 10.6. The molecule has 1 heterocycles. The fraction of sp³-hybridized carbons (Fsp3) is 0.750. The molecular weight excluding hydrogens is 283 g/mol. The molecule has 0 aliphatic heterocycles. The first kappa shape index (κ1) is 13.8. The molecule has 0 saturated heterocycles. The van der Waals surface area contributed by atoms with E-state index >= 15 is 0 Å². The summed E-state index contributed by atoms with van der Waals surface area (Å²) in [5.74, 6) is -3.22. The summed E-state index contributed by atoms with van der Waals surface area (Å²) < 4.78 is 66.8. The van der Waals surface area contributed by atoms with Crippen LogP contribution in [0.25, 0.3) is 0 Å². The minimum Gasteiger partial charge on any atom is -0.382 e. The molecule has 0 bridgehead atoms. The largest absolute Gasteiger partial charge is 0.435 e. The molecule has 3 nitrogen and oxygen atoms in total. The number of hydrogen-bond donors (Lipinski definition) is 1. The highest BCUT2D eigenvalue weighted by atomic mass is 19.4. The summed E-state index contributed by atoms with van der Waals surface area (Å²) >= 11 is 0. The van der Waals surface area contributed by atoms with Crippen molar-refractivity contribution in [2.24, 2.45) is 5.92 Å². The second-order valence-corrected chi connectivity index (χ2v) is 5.72. The maximum absolute atomic E-state index is 13.5. The van der Waals surface area contributed by atoms with Gasteiger partial charge in [-0.05, 0) is 18.8 Å². The van der Waals surface area contributed by atoms with E-state index in [-0.39, 0.29) is 11.7 Å². The minimum absolute atomic E-state index is 0.174. The van der Waals surface area contributed by atoms with Gasteiger partial charge in [0.25, 0.3) is 5.92 Å². The first-order valence-corrected chi connectivity index (χ1v) is 6.35. The molecule has 0 spiro atoms. The van der Waals surface area contributed by atoms with E-state index in [0.717, 1.165) is 4.68 Å². The van der Waals surface area contributed by atoms with Crippen LogP contribution < -0.4 is 0 Å². The molecule has 1 fully saturated rings. The third-order valence-corrected chi connectivity index (χ3v) is 4.09. The van der Waals surface area contributed by atoms with E-state index in [0.29, 0.717) is 18.8 Å². The molecule has 1 saturated carbocycles. The molecule has 2 aliphatic rings. The van der Waals surface area contributed by atoms with Crippen molar-refractivity contribution in [2.45, 2.75) is 50.4 Å². The number of aromatic nitrogens is 2. The van der Waals surface area contributed by atoms with E-state index in [1.165, 1.54) is 0 Å². The first-order valence-electron chi connectivity index (χ1n) is 6.35. The van der Waals surface area contributed by atoms with Crippen molar-refractivity contribution in [3.63, 3.8) is 0 Å². The predicted octanol–water partition coefficient (Wildman–Crippen LogP) is 3.10. The number of hydrogen-bond acceptors (Lipinski definition) is 2. The van der Waals surface area contributed by atoms with Crippen LogP contribution in [0.2, 0.25) is 0 Å². The molecule has 20 heavy (non-hydrogen) atoms. The van der Waals surface area contributed by atoms with Crippen molar-refractivity contribution in [3.8, 4) is 0 Å². The molecule has 8 heteroatoms. The summed E-state index contributed by atoms with van der Waals surface area (Å²) in [5, 5.41) is 13.0. The Kier molecular flexibility index (Phi) is 2.71. The molecule has 3 rings (SSSR count). The van der Waals surface area contributed by atoms with Gasteiger partial charge in [0.1, 0.15) is 6.10 Å². The summed E-state index contributed by atoms with van der Waals surface area (Å²) in [7, 11) is 0. The lowest BCUT2D eigenvalue weighted by Crippen LogP contribution is -2.29. The van der Waals surface area contributed by atoms with Gasteiger partial charge in [-0.2, -0.15) is 18.3 Å². The van der Waals surface area contributed by atoms with Gasteiger partial charge in [0.2, 0.25) is 0 Å². The monoisotopic (exact) mass is 296 g/mol. The van der Waals surface area contributed by atoms with Crippen molar-refractivity contribution in [2.75, 3.05) is 0 Å². The minimum atomic E-state index is -4.84. The Morgan fingerprint density at radius 2 is 1.90 bits per heavy atom. The zero-order chi connectivity index (χ0) is 14.9. The molecule has 0 amide bonds. The van der Waals surface area contributed by atoms with Crippen LogP contribution in [0.5, 0.6) is 0 Å². The number of nitrogens with zero attached hydrogens (tertiary/aromatic N) is 2. The highest BCUT2D eigenvalue weighted by molar-refractivity contribution is 5.38. The summed E-state index contributed by atoms with van der Waals surface area (Å²) in [5.41, 5.74) is -2.30. The van der Waals surface area contributed by atoms with Crippen LogP contribution in [-0.2, 0) is 12.6 Å². The first-order chi connectivity index (χ1) is 9.11. The Hall–Kier alpha value is -1.18. The Labute approximate surface area is 111 Å². The summed E-state index contributed by atoms with van der Waals surface area (Å²) in [4.78, 5) is 0. The van der Waals surface area contributed by atoms with Gasteiger partial charge in [-0.1, -0.05) is 6.92 Å². The molecule has 1 atom stereocenters. The number of rotatable bonds is 1. The summed E-state index contributed by atoms with van der Waals surface area (Å²) in [6.45, 7) is 1.94. The SMILES string of the molecule is C[C@H]1C[C@H](n2nc(C(F)(F)F)c3c2CC(F)(F)[C@H]3O)C1. The Balaban J connectivity index is 2.09. The Morgan fingerprint density at radius 1 is 1.30 bits per heavy atom. The predicted molar refractivity (Wildman–Crippen MR) is 58.3 cm³/mol. The number of aliphatic hydroxyl groups is 1. The topological polar surface area (TPSA) is 38.0 Å². The number of aliphatic hydroxyl groups excluding tert-OH is 1. The molecule has 0 radical (unpaired) electrons. The van der Waals surface area contributed by atoms with Crippen molar-refractivity contribution >= 4 is 0 Å². The second kappa shape index (κ2) is 3.93. The molecular formula is C12H13F5N2O. The van der Waals surface area contributed by atoms with E-state index in [9.17, 15) is 27.1 Å².